The molecule has 40 heavy (non-hydrogen) atoms. The summed E-state index contributed by atoms with van der Waals surface area (Å²) in [5.41, 5.74) is 4.21. The highest BCUT2D eigenvalue weighted by molar-refractivity contribution is 5.94. The van der Waals surface area contributed by atoms with Crippen molar-refractivity contribution in [3.63, 3.8) is 0 Å². The molecule has 2 fully saturated rings. The van der Waals surface area contributed by atoms with E-state index in [1.54, 1.807) is 6.92 Å². The Morgan fingerprint density at radius 2 is 1.75 bits per heavy atom. The summed E-state index contributed by atoms with van der Waals surface area (Å²) in [4.78, 5) is 32.0. The average molecular weight is 544 g/mol. The highest BCUT2D eigenvalue weighted by atomic mass is 16.6. The monoisotopic (exact) mass is 543 g/mol. The number of carbonyl (C=O) groups is 2. The van der Waals surface area contributed by atoms with Crippen molar-refractivity contribution < 1.29 is 14.3 Å². The molecule has 5 rings (SSSR count). The second-order valence-electron chi connectivity index (χ2n) is 12.6. The number of piperazine rings is 1. The molecule has 8 heteroatoms. The molecule has 2 amide bonds. The van der Waals surface area contributed by atoms with Crippen LogP contribution in [0.5, 0.6) is 0 Å². The number of hydrogen-bond donors (Lipinski definition) is 1. The zero-order valence-electron chi connectivity index (χ0n) is 24.5. The van der Waals surface area contributed by atoms with Crippen LogP contribution in [0.15, 0.2) is 42.5 Å². The fourth-order valence-corrected chi connectivity index (χ4v) is 6.35. The molecule has 2 heterocycles. The Morgan fingerprint density at radius 1 is 1.05 bits per heavy atom. The standard InChI is InChI=1S/C32H41N5O3/c1-20-19-35(15-16-36(20)31(39)40-32(4,5)6)26-13-14-28-27(17-26)29(34-25-11-7-23(18-33)8-12-25)21(2)30(24-9-10-24)37(28)22(3)38/h7-8,11-14,17,20-21,24,29-30,34H,9-10,15-16,19H2,1-6H3/t20-,21-,29-,30-/m1/s1. The molecule has 3 aliphatic rings. The number of nitrogens with one attached hydrogen (secondary N) is 1. The molecule has 2 aromatic rings. The van der Waals surface area contributed by atoms with Gasteiger partial charge in [-0.2, -0.15) is 5.26 Å². The number of nitriles is 1. The second kappa shape index (κ2) is 10.7. The molecule has 1 N–H and O–H groups in total. The topological polar surface area (TPSA) is 88.9 Å². The van der Waals surface area contributed by atoms with Gasteiger partial charge in [-0.05, 0) is 88.9 Å². The van der Waals surface area contributed by atoms with Gasteiger partial charge in [-0.1, -0.05) is 6.92 Å². The summed E-state index contributed by atoms with van der Waals surface area (Å²) in [5.74, 6) is 0.783. The van der Waals surface area contributed by atoms with Gasteiger partial charge in [-0.25, -0.2) is 4.79 Å². The van der Waals surface area contributed by atoms with E-state index in [9.17, 15) is 14.9 Å². The molecule has 0 aromatic heterocycles. The molecule has 0 bridgehead atoms. The average Bonchev–Trinajstić information content (AvgIpc) is 3.74. The number of carbonyl (C=O) groups excluding carboxylic acids is 2. The Labute approximate surface area is 237 Å². The summed E-state index contributed by atoms with van der Waals surface area (Å²) < 4.78 is 5.63. The van der Waals surface area contributed by atoms with Crippen molar-refractivity contribution in [2.75, 3.05) is 34.8 Å². The summed E-state index contributed by atoms with van der Waals surface area (Å²) >= 11 is 0. The molecule has 4 atom stereocenters. The van der Waals surface area contributed by atoms with E-state index in [0.29, 0.717) is 31.1 Å². The zero-order chi connectivity index (χ0) is 28.8. The molecule has 0 spiro atoms. The maximum absolute atomic E-state index is 13.0. The Balaban J connectivity index is 1.45. The second-order valence-corrected chi connectivity index (χ2v) is 12.6. The van der Waals surface area contributed by atoms with Crippen LogP contribution in [-0.2, 0) is 9.53 Å². The minimum absolute atomic E-state index is 0.000841. The van der Waals surface area contributed by atoms with Crippen molar-refractivity contribution in [1.82, 2.24) is 4.90 Å². The molecular weight excluding hydrogens is 502 g/mol. The highest BCUT2D eigenvalue weighted by Crippen LogP contribution is 2.50. The SMILES string of the molecule is CC(=O)N1c2ccc(N3CCN(C(=O)OC(C)(C)C)[C@H](C)C3)cc2[C@H](Nc2ccc(C#N)cc2)[C@@H](C)[C@@H]1C1CC1. The lowest BCUT2D eigenvalue weighted by molar-refractivity contribution is -0.117. The molecule has 2 aromatic carbocycles. The molecule has 1 saturated carbocycles. The molecule has 0 unspecified atom stereocenters. The number of anilines is 3. The lowest BCUT2D eigenvalue weighted by Gasteiger charge is -2.47. The van der Waals surface area contributed by atoms with Gasteiger partial charge in [0.2, 0.25) is 5.91 Å². The Kier molecular flexibility index (Phi) is 7.43. The van der Waals surface area contributed by atoms with E-state index in [2.05, 4.69) is 48.3 Å². The summed E-state index contributed by atoms with van der Waals surface area (Å²) in [5, 5.41) is 13.0. The molecule has 8 nitrogen and oxygen atoms in total. The highest BCUT2D eigenvalue weighted by Gasteiger charge is 2.47. The summed E-state index contributed by atoms with van der Waals surface area (Å²) in [6.07, 6.45) is 2.03. The maximum atomic E-state index is 13.0. The number of rotatable bonds is 4. The van der Waals surface area contributed by atoms with E-state index in [4.69, 9.17) is 4.74 Å². The van der Waals surface area contributed by atoms with Gasteiger partial charge in [-0.15, -0.1) is 0 Å². The van der Waals surface area contributed by atoms with Crippen LogP contribution < -0.4 is 15.1 Å². The molecule has 0 radical (unpaired) electrons. The van der Waals surface area contributed by atoms with Crippen molar-refractivity contribution in [2.45, 2.75) is 78.1 Å². The third-order valence-electron chi connectivity index (χ3n) is 8.37. The molecule has 2 aliphatic heterocycles. The van der Waals surface area contributed by atoms with Crippen LogP contribution in [0.3, 0.4) is 0 Å². The molecular formula is C32H41N5O3. The van der Waals surface area contributed by atoms with Crippen molar-refractivity contribution >= 4 is 29.1 Å². The van der Waals surface area contributed by atoms with Crippen LogP contribution in [0.2, 0.25) is 0 Å². The zero-order valence-corrected chi connectivity index (χ0v) is 24.5. The van der Waals surface area contributed by atoms with Crippen molar-refractivity contribution in [1.29, 1.82) is 5.26 Å². The van der Waals surface area contributed by atoms with E-state index < -0.39 is 5.60 Å². The predicted molar refractivity (Wildman–Crippen MR) is 157 cm³/mol. The number of nitrogens with zero attached hydrogens (tertiary/aromatic N) is 4. The summed E-state index contributed by atoms with van der Waals surface area (Å²) in [6, 6.07) is 16.3. The first-order valence-corrected chi connectivity index (χ1v) is 14.4. The van der Waals surface area contributed by atoms with E-state index in [1.165, 1.54) is 0 Å². The van der Waals surface area contributed by atoms with Gasteiger partial charge in [-0.3, -0.25) is 4.79 Å². The normalized spacial score (nSPS) is 24.7. The Bertz CT molecular complexity index is 1310. The fraction of sp³-hybridized carbons (Fsp3) is 0.531. The number of fused-ring (bicyclic) bond motifs is 1. The predicted octanol–water partition coefficient (Wildman–Crippen LogP) is 5.94. The first-order chi connectivity index (χ1) is 19.0. The number of benzene rings is 2. The lowest BCUT2D eigenvalue weighted by Crippen LogP contribution is -2.55. The largest absolute Gasteiger partial charge is 0.444 e. The van der Waals surface area contributed by atoms with E-state index >= 15 is 0 Å². The number of ether oxygens (including phenoxy) is 1. The van der Waals surface area contributed by atoms with Crippen LogP contribution in [-0.4, -0.2) is 54.2 Å². The van der Waals surface area contributed by atoms with Crippen LogP contribution >= 0.6 is 0 Å². The molecule has 212 valence electrons. The van der Waals surface area contributed by atoms with Gasteiger partial charge in [0, 0.05) is 67.2 Å². The molecule has 1 aliphatic carbocycles. The fourth-order valence-electron chi connectivity index (χ4n) is 6.35. The quantitative estimate of drug-likeness (QED) is 0.514. The van der Waals surface area contributed by atoms with Crippen molar-refractivity contribution in [2.24, 2.45) is 11.8 Å². The summed E-state index contributed by atoms with van der Waals surface area (Å²) in [6.45, 7) is 13.6. The minimum Gasteiger partial charge on any atom is -0.444 e. The van der Waals surface area contributed by atoms with Crippen LogP contribution in [0, 0.1) is 23.2 Å². The van der Waals surface area contributed by atoms with Gasteiger partial charge in [0.25, 0.3) is 0 Å². The van der Waals surface area contributed by atoms with E-state index in [-0.39, 0.29) is 36.0 Å². The minimum atomic E-state index is -0.527. The first-order valence-electron chi connectivity index (χ1n) is 14.4. The van der Waals surface area contributed by atoms with Gasteiger partial charge in [0.1, 0.15) is 5.60 Å². The first kappa shape index (κ1) is 27.8. The third-order valence-corrected chi connectivity index (χ3v) is 8.37. The Morgan fingerprint density at radius 3 is 2.33 bits per heavy atom. The van der Waals surface area contributed by atoms with Gasteiger partial charge in [0.05, 0.1) is 17.7 Å². The number of hydrogen-bond acceptors (Lipinski definition) is 6. The van der Waals surface area contributed by atoms with Crippen LogP contribution in [0.4, 0.5) is 21.9 Å². The molecule has 1 saturated heterocycles. The van der Waals surface area contributed by atoms with Gasteiger partial charge in [0.15, 0.2) is 0 Å². The van der Waals surface area contributed by atoms with E-state index in [1.807, 2.05) is 54.8 Å². The van der Waals surface area contributed by atoms with Gasteiger partial charge < -0.3 is 24.8 Å². The van der Waals surface area contributed by atoms with Crippen molar-refractivity contribution in [3.05, 3.63) is 53.6 Å². The number of amides is 2. The maximum Gasteiger partial charge on any atom is 0.410 e. The third kappa shape index (κ3) is 5.60. The van der Waals surface area contributed by atoms with E-state index in [0.717, 1.165) is 35.5 Å². The van der Waals surface area contributed by atoms with Crippen LogP contribution in [0.1, 0.15) is 71.6 Å². The Hall–Kier alpha value is -3.73. The summed E-state index contributed by atoms with van der Waals surface area (Å²) in [7, 11) is 0. The van der Waals surface area contributed by atoms with Gasteiger partial charge >= 0.3 is 6.09 Å². The lowest BCUT2D eigenvalue weighted by atomic mass is 9.79. The smallest absolute Gasteiger partial charge is 0.410 e. The van der Waals surface area contributed by atoms with Crippen LogP contribution in [0.25, 0.3) is 0 Å². The van der Waals surface area contributed by atoms with Crippen molar-refractivity contribution in [3.8, 4) is 6.07 Å².